The Labute approximate surface area is 59.4 Å². The first-order chi connectivity index (χ1) is 4.83. The third kappa shape index (κ3) is 0.611. The minimum Gasteiger partial charge on any atom is -0.411 e. The molecule has 3 nitrogen and oxygen atoms in total. The molecule has 56 valence electrons. The first kappa shape index (κ1) is 6.16. The second-order valence-electron chi connectivity index (χ2n) is 3.21. The Morgan fingerprint density at radius 1 is 1.40 bits per heavy atom. The van der Waals surface area contributed by atoms with Crippen LogP contribution in [0.15, 0.2) is 5.16 Å². The van der Waals surface area contributed by atoms with E-state index in [0.29, 0.717) is 5.92 Å². The molecule has 0 amide bonds. The normalized spacial score (nSPS) is 48.9. The number of hydrogen-bond donors (Lipinski definition) is 2. The third-order valence-corrected chi connectivity index (χ3v) is 2.73. The van der Waals surface area contributed by atoms with Crippen molar-refractivity contribution in [1.29, 1.82) is 0 Å². The summed E-state index contributed by atoms with van der Waals surface area (Å²) in [6, 6.07) is 0. The molecule has 2 bridgehead atoms. The van der Waals surface area contributed by atoms with Gasteiger partial charge in [-0.05, 0) is 19.3 Å². The molecule has 2 aliphatic rings. The van der Waals surface area contributed by atoms with Crippen molar-refractivity contribution >= 4 is 5.71 Å². The van der Waals surface area contributed by atoms with Crippen LogP contribution >= 0.6 is 0 Å². The fourth-order valence-electron chi connectivity index (χ4n) is 2.22. The van der Waals surface area contributed by atoms with Crippen LogP contribution in [0.25, 0.3) is 0 Å². The van der Waals surface area contributed by atoms with Crippen molar-refractivity contribution < 1.29 is 10.3 Å². The van der Waals surface area contributed by atoms with Crippen LogP contribution in [0.3, 0.4) is 0 Å². The van der Waals surface area contributed by atoms with Gasteiger partial charge in [0, 0.05) is 11.8 Å². The van der Waals surface area contributed by atoms with Gasteiger partial charge in [-0.25, -0.2) is 0 Å². The molecule has 2 fully saturated rings. The Morgan fingerprint density at radius 2 is 2.20 bits per heavy atom. The average molecular weight is 141 g/mol. The average Bonchev–Trinajstić information content (AvgIpc) is 2.42. The van der Waals surface area contributed by atoms with E-state index in [0.717, 1.165) is 25.0 Å². The van der Waals surface area contributed by atoms with Gasteiger partial charge in [0.25, 0.3) is 0 Å². The molecule has 0 radical (unpaired) electrons. The van der Waals surface area contributed by atoms with Crippen molar-refractivity contribution in [2.24, 2.45) is 17.0 Å². The lowest BCUT2D eigenvalue weighted by Crippen LogP contribution is -2.16. The highest BCUT2D eigenvalue weighted by molar-refractivity contribution is 5.92. The fraction of sp³-hybridized carbons (Fsp3) is 0.857. The van der Waals surface area contributed by atoms with Gasteiger partial charge >= 0.3 is 0 Å². The number of aliphatic hydroxyl groups excluding tert-OH is 1. The molecule has 10 heavy (non-hydrogen) atoms. The molecule has 2 rings (SSSR count). The highest BCUT2D eigenvalue weighted by Crippen LogP contribution is 2.42. The Hall–Kier alpha value is -0.570. The smallest absolute Gasteiger partial charge is 0.0659 e. The number of oxime groups is 1. The summed E-state index contributed by atoms with van der Waals surface area (Å²) in [5, 5.41) is 21.1. The van der Waals surface area contributed by atoms with Crippen LogP contribution in [0, 0.1) is 11.8 Å². The maximum atomic E-state index is 9.33. The summed E-state index contributed by atoms with van der Waals surface area (Å²) >= 11 is 0. The first-order valence-electron chi connectivity index (χ1n) is 3.73. The van der Waals surface area contributed by atoms with E-state index in [9.17, 15) is 5.11 Å². The second kappa shape index (κ2) is 1.95. The molecule has 3 heteroatoms. The molecule has 0 aliphatic heterocycles. The van der Waals surface area contributed by atoms with Gasteiger partial charge in [-0.3, -0.25) is 0 Å². The van der Waals surface area contributed by atoms with Crippen molar-refractivity contribution in [1.82, 2.24) is 0 Å². The summed E-state index contributed by atoms with van der Waals surface area (Å²) in [7, 11) is 0. The predicted octanol–water partition coefficient (Wildman–Crippen LogP) is 0.607. The van der Waals surface area contributed by atoms with Crippen molar-refractivity contribution in [2.45, 2.75) is 25.4 Å². The van der Waals surface area contributed by atoms with Gasteiger partial charge in [0.1, 0.15) is 0 Å². The van der Waals surface area contributed by atoms with Crippen molar-refractivity contribution in [3.63, 3.8) is 0 Å². The quantitative estimate of drug-likeness (QED) is 0.383. The Morgan fingerprint density at radius 3 is 2.50 bits per heavy atom. The summed E-state index contributed by atoms with van der Waals surface area (Å²) in [5.41, 5.74) is 0.840. The zero-order valence-corrected chi connectivity index (χ0v) is 5.70. The number of fused-ring (bicyclic) bond motifs is 2. The number of hydrogen-bond acceptors (Lipinski definition) is 3. The molecule has 0 heterocycles. The van der Waals surface area contributed by atoms with E-state index in [1.165, 1.54) is 0 Å². The third-order valence-electron chi connectivity index (χ3n) is 2.73. The van der Waals surface area contributed by atoms with Crippen LogP contribution in [-0.4, -0.2) is 22.1 Å². The first-order valence-corrected chi connectivity index (χ1v) is 3.73. The van der Waals surface area contributed by atoms with E-state index in [1.807, 2.05) is 0 Å². The molecule has 0 spiro atoms. The highest BCUT2D eigenvalue weighted by Gasteiger charge is 2.44. The summed E-state index contributed by atoms with van der Waals surface area (Å²) in [4.78, 5) is 0. The van der Waals surface area contributed by atoms with Crippen LogP contribution in [-0.2, 0) is 0 Å². The van der Waals surface area contributed by atoms with Gasteiger partial charge in [-0.15, -0.1) is 0 Å². The molecule has 2 saturated carbocycles. The molecule has 2 aliphatic carbocycles. The summed E-state index contributed by atoms with van der Waals surface area (Å²) < 4.78 is 0. The standard InChI is InChI=1S/C7H11NO2/c9-6-3-4-1-2-5(6)7(4)8-10/h4-6,9-10H,1-3H2/b8-7-/t4-,5+,6-/m1/s1. The lowest BCUT2D eigenvalue weighted by molar-refractivity contribution is 0.118. The van der Waals surface area contributed by atoms with Crippen molar-refractivity contribution in [3.05, 3.63) is 0 Å². The molecular formula is C7H11NO2. The predicted molar refractivity (Wildman–Crippen MR) is 36.1 cm³/mol. The minimum atomic E-state index is -0.232. The second-order valence-corrected chi connectivity index (χ2v) is 3.21. The summed E-state index contributed by atoms with van der Waals surface area (Å²) in [6.45, 7) is 0. The van der Waals surface area contributed by atoms with Gasteiger partial charge in [0.15, 0.2) is 0 Å². The van der Waals surface area contributed by atoms with E-state index in [2.05, 4.69) is 5.16 Å². The maximum absolute atomic E-state index is 9.33. The van der Waals surface area contributed by atoms with Crippen LogP contribution in [0.2, 0.25) is 0 Å². The largest absolute Gasteiger partial charge is 0.411 e. The molecule has 0 aromatic heterocycles. The van der Waals surface area contributed by atoms with Gasteiger partial charge in [-0.1, -0.05) is 5.16 Å². The van der Waals surface area contributed by atoms with Crippen LogP contribution in [0.5, 0.6) is 0 Å². The fourth-order valence-corrected chi connectivity index (χ4v) is 2.22. The highest BCUT2D eigenvalue weighted by atomic mass is 16.4. The molecule has 0 aromatic carbocycles. The zero-order chi connectivity index (χ0) is 7.14. The maximum Gasteiger partial charge on any atom is 0.0659 e. The van der Waals surface area contributed by atoms with Crippen molar-refractivity contribution in [2.75, 3.05) is 0 Å². The van der Waals surface area contributed by atoms with Crippen LogP contribution in [0.1, 0.15) is 19.3 Å². The molecule has 0 saturated heterocycles. The molecule has 0 unspecified atom stereocenters. The minimum absolute atomic E-state index is 0.176. The molecular weight excluding hydrogens is 130 g/mol. The Bertz CT molecular complexity index is 178. The van der Waals surface area contributed by atoms with E-state index in [-0.39, 0.29) is 12.0 Å². The lowest BCUT2D eigenvalue weighted by Gasteiger charge is -2.12. The van der Waals surface area contributed by atoms with Gasteiger partial charge in [-0.2, -0.15) is 0 Å². The SMILES string of the molecule is O/N=C1/[C@@H]2CC[C@H]1[C@H](O)C2. The van der Waals surface area contributed by atoms with E-state index in [4.69, 9.17) is 5.21 Å². The molecule has 3 atom stereocenters. The summed E-state index contributed by atoms with van der Waals surface area (Å²) in [5.74, 6) is 0.556. The number of nitrogens with zero attached hydrogens (tertiary/aromatic N) is 1. The Kier molecular flexibility index (Phi) is 1.20. The van der Waals surface area contributed by atoms with Gasteiger partial charge in [0.2, 0.25) is 0 Å². The van der Waals surface area contributed by atoms with Crippen LogP contribution in [0.4, 0.5) is 0 Å². The molecule has 0 aromatic rings. The van der Waals surface area contributed by atoms with Gasteiger partial charge in [0.05, 0.1) is 11.8 Å². The summed E-state index contributed by atoms with van der Waals surface area (Å²) in [6.07, 6.45) is 2.68. The van der Waals surface area contributed by atoms with E-state index >= 15 is 0 Å². The van der Waals surface area contributed by atoms with Crippen molar-refractivity contribution in [3.8, 4) is 0 Å². The zero-order valence-electron chi connectivity index (χ0n) is 5.70. The monoisotopic (exact) mass is 141 g/mol. The molecule has 2 N–H and O–H groups in total. The number of rotatable bonds is 0. The Balaban J connectivity index is 2.27. The topological polar surface area (TPSA) is 52.8 Å². The number of aliphatic hydroxyl groups is 1. The van der Waals surface area contributed by atoms with E-state index < -0.39 is 0 Å². The van der Waals surface area contributed by atoms with E-state index in [1.54, 1.807) is 0 Å². The van der Waals surface area contributed by atoms with Crippen LogP contribution < -0.4 is 0 Å². The van der Waals surface area contributed by atoms with Gasteiger partial charge < -0.3 is 10.3 Å². The lowest BCUT2D eigenvalue weighted by atomic mass is 9.98.